The van der Waals surface area contributed by atoms with Crippen molar-refractivity contribution >= 4 is 5.91 Å². The Balaban J connectivity index is 2.63. The molecule has 1 N–H and O–H groups in total. The highest BCUT2D eigenvalue weighted by molar-refractivity contribution is 5.91. The second-order valence-electron chi connectivity index (χ2n) is 4.96. The summed E-state index contributed by atoms with van der Waals surface area (Å²) in [5.41, 5.74) is -0.278. The third-order valence-corrected chi connectivity index (χ3v) is 2.43. The number of nitriles is 1. The Bertz CT molecular complexity index is 334. The van der Waals surface area contributed by atoms with Crippen LogP contribution in [-0.4, -0.2) is 18.6 Å². The van der Waals surface area contributed by atoms with Crippen LogP contribution in [0.2, 0.25) is 0 Å². The molecule has 0 spiro atoms. The van der Waals surface area contributed by atoms with Gasteiger partial charge in [-0.05, 0) is 24.3 Å². The van der Waals surface area contributed by atoms with Crippen LogP contribution in [0.4, 0.5) is 0 Å². The number of nitrogens with zero attached hydrogens (tertiary/aromatic N) is 1. The second kappa shape index (κ2) is 5.02. The summed E-state index contributed by atoms with van der Waals surface area (Å²) in [6, 6.07) is 1.59. The predicted molar refractivity (Wildman–Crippen MR) is 60.3 cm³/mol. The monoisotopic (exact) mass is 222 g/mol. The fourth-order valence-corrected chi connectivity index (χ4v) is 1.36. The molecule has 1 heterocycles. The fraction of sp³-hybridized carbons (Fsp3) is 0.667. The van der Waals surface area contributed by atoms with Crippen LogP contribution in [0, 0.1) is 16.7 Å². The number of ether oxygens (including phenoxy) is 1. The van der Waals surface area contributed by atoms with Gasteiger partial charge in [0.1, 0.15) is 6.04 Å². The SMILES string of the molecule is CC(C)(C)[C@H](C#N)NC(=O)C1=CCCCO1. The lowest BCUT2D eigenvalue weighted by atomic mass is 9.87. The number of rotatable bonds is 2. The van der Waals surface area contributed by atoms with Crippen molar-refractivity contribution in [1.29, 1.82) is 5.26 Å². The van der Waals surface area contributed by atoms with E-state index in [4.69, 9.17) is 10.00 Å². The Morgan fingerprint density at radius 2 is 2.31 bits per heavy atom. The van der Waals surface area contributed by atoms with Gasteiger partial charge >= 0.3 is 0 Å². The van der Waals surface area contributed by atoms with Gasteiger partial charge in [0, 0.05) is 0 Å². The van der Waals surface area contributed by atoms with E-state index in [2.05, 4.69) is 11.4 Å². The average Bonchev–Trinajstić information content (AvgIpc) is 2.25. The molecule has 4 nitrogen and oxygen atoms in total. The van der Waals surface area contributed by atoms with Gasteiger partial charge in [0.2, 0.25) is 0 Å². The van der Waals surface area contributed by atoms with Crippen molar-refractivity contribution in [3.05, 3.63) is 11.8 Å². The van der Waals surface area contributed by atoms with Crippen LogP contribution < -0.4 is 5.32 Å². The molecule has 0 saturated heterocycles. The molecule has 88 valence electrons. The van der Waals surface area contributed by atoms with Crippen LogP contribution in [0.5, 0.6) is 0 Å². The Labute approximate surface area is 96.3 Å². The van der Waals surface area contributed by atoms with Crippen LogP contribution in [0.15, 0.2) is 11.8 Å². The number of hydrogen-bond donors (Lipinski definition) is 1. The molecule has 0 aliphatic carbocycles. The fourth-order valence-electron chi connectivity index (χ4n) is 1.36. The van der Waals surface area contributed by atoms with E-state index in [1.807, 2.05) is 20.8 Å². The summed E-state index contributed by atoms with van der Waals surface area (Å²) in [5, 5.41) is 11.7. The number of carbonyl (C=O) groups is 1. The predicted octanol–water partition coefficient (Wildman–Crippen LogP) is 1.74. The molecule has 0 aromatic heterocycles. The van der Waals surface area contributed by atoms with Gasteiger partial charge in [0.25, 0.3) is 5.91 Å². The smallest absolute Gasteiger partial charge is 0.287 e. The Morgan fingerprint density at radius 1 is 1.62 bits per heavy atom. The first-order valence-electron chi connectivity index (χ1n) is 5.48. The second-order valence-corrected chi connectivity index (χ2v) is 4.96. The molecule has 16 heavy (non-hydrogen) atoms. The van der Waals surface area contributed by atoms with E-state index < -0.39 is 6.04 Å². The molecule has 0 aromatic carbocycles. The van der Waals surface area contributed by atoms with Crippen LogP contribution >= 0.6 is 0 Å². The van der Waals surface area contributed by atoms with Crippen molar-refractivity contribution in [2.24, 2.45) is 5.41 Å². The number of nitrogens with one attached hydrogen (secondary N) is 1. The summed E-state index contributed by atoms with van der Waals surface area (Å²) >= 11 is 0. The van der Waals surface area contributed by atoms with Crippen molar-refractivity contribution in [1.82, 2.24) is 5.32 Å². The minimum absolute atomic E-state index is 0.278. The Hall–Kier alpha value is -1.50. The first-order chi connectivity index (χ1) is 7.45. The molecule has 0 aromatic rings. The van der Waals surface area contributed by atoms with E-state index in [0.717, 1.165) is 12.8 Å². The maximum atomic E-state index is 11.8. The van der Waals surface area contributed by atoms with E-state index >= 15 is 0 Å². The van der Waals surface area contributed by atoms with Gasteiger partial charge in [0.05, 0.1) is 12.7 Å². The van der Waals surface area contributed by atoms with Gasteiger partial charge in [0.15, 0.2) is 5.76 Å². The van der Waals surface area contributed by atoms with Crippen LogP contribution in [0.25, 0.3) is 0 Å². The quantitative estimate of drug-likeness (QED) is 0.774. The highest BCUT2D eigenvalue weighted by Gasteiger charge is 2.27. The maximum Gasteiger partial charge on any atom is 0.287 e. The molecule has 1 aliphatic heterocycles. The summed E-state index contributed by atoms with van der Waals surface area (Å²) in [7, 11) is 0. The zero-order valence-electron chi connectivity index (χ0n) is 10.0. The lowest BCUT2D eigenvalue weighted by molar-refractivity contribution is -0.122. The zero-order chi connectivity index (χ0) is 12.2. The van der Waals surface area contributed by atoms with Crippen molar-refractivity contribution in [2.75, 3.05) is 6.61 Å². The summed E-state index contributed by atoms with van der Waals surface area (Å²) in [6.45, 7) is 6.32. The molecule has 0 fully saturated rings. The Morgan fingerprint density at radius 3 is 2.75 bits per heavy atom. The van der Waals surface area contributed by atoms with E-state index in [1.54, 1.807) is 6.08 Å². The van der Waals surface area contributed by atoms with Gasteiger partial charge in [-0.2, -0.15) is 5.26 Å². The van der Waals surface area contributed by atoms with Crippen molar-refractivity contribution in [2.45, 2.75) is 39.7 Å². The molecule has 0 bridgehead atoms. The molecule has 1 atom stereocenters. The van der Waals surface area contributed by atoms with E-state index in [9.17, 15) is 4.79 Å². The van der Waals surface area contributed by atoms with E-state index in [-0.39, 0.29) is 11.3 Å². The first kappa shape index (κ1) is 12.6. The van der Waals surface area contributed by atoms with Gasteiger partial charge in [-0.1, -0.05) is 20.8 Å². The third-order valence-electron chi connectivity index (χ3n) is 2.43. The van der Waals surface area contributed by atoms with Gasteiger partial charge < -0.3 is 10.1 Å². The zero-order valence-corrected chi connectivity index (χ0v) is 10.0. The number of allylic oxidation sites excluding steroid dienone is 1. The number of hydrogen-bond acceptors (Lipinski definition) is 3. The highest BCUT2D eigenvalue weighted by Crippen LogP contribution is 2.19. The van der Waals surface area contributed by atoms with Crippen molar-refractivity contribution < 1.29 is 9.53 Å². The molecule has 0 unspecified atom stereocenters. The molecule has 0 radical (unpaired) electrons. The summed E-state index contributed by atoms with van der Waals surface area (Å²) < 4.78 is 5.24. The lowest BCUT2D eigenvalue weighted by Gasteiger charge is -2.26. The molecule has 1 rings (SSSR count). The molecular formula is C12H18N2O2. The van der Waals surface area contributed by atoms with Crippen LogP contribution in [-0.2, 0) is 9.53 Å². The average molecular weight is 222 g/mol. The molecule has 1 aliphatic rings. The number of amides is 1. The first-order valence-corrected chi connectivity index (χ1v) is 5.48. The minimum atomic E-state index is -0.508. The largest absolute Gasteiger partial charge is 0.488 e. The van der Waals surface area contributed by atoms with Gasteiger partial charge in [-0.15, -0.1) is 0 Å². The molecule has 4 heteroatoms. The standard InChI is InChI=1S/C12H18N2O2/c1-12(2,3)10(8-13)14-11(15)9-6-4-5-7-16-9/h6,10H,4-5,7H2,1-3H3,(H,14,15)/t10-/m0/s1. The normalized spacial score (nSPS) is 17.8. The molecular weight excluding hydrogens is 204 g/mol. The van der Waals surface area contributed by atoms with Crippen LogP contribution in [0.3, 0.4) is 0 Å². The van der Waals surface area contributed by atoms with Gasteiger partial charge in [-0.25, -0.2) is 0 Å². The van der Waals surface area contributed by atoms with E-state index in [1.165, 1.54) is 0 Å². The number of carbonyl (C=O) groups excluding carboxylic acids is 1. The minimum Gasteiger partial charge on any atom is -0.488 e. The lowest BCUT2D eigenvalue weighted by Crippen LogP contribution is -2.43. The maximum absolute atomic E-state index is 11.8. The highest BCUT2D eigenvalue weighted by atomic mass is 16.5. The van der Waals surface area contributed by atoms with Crippen molar-refractivity contribution in [3.8, 4) is 6.07 Å². The topological polar surface area (TPSA) is 62.1 Å². The molecule has 0 saturated carbocycles. The third kappa shape index (κ3) is 3.27. The summed E-state index contributed by atoms with van der Waals surface area (Å²) in [5.74, 6) is 0.0527. The Kier molecular flexibility index (Phi) is 3.94. The van der Waals surface area contributed by atoms with E-state index in [0.29, 0.717) is 12.4 Å². The summed E-state index contributed by atoms with van der Waals surface area (Å²) in [4.78, 5) is 11.8. The molecule has 1 amide bonds. The van der Waals surface area contributed by atoms with Crippen molar-refractivity contribution in [3.63, 3.8) is 0 Å². The van der Waals surface area contributed by atoms with Crippen LogP contribution in [0.1, 0.15) is 33.6 Å². The van der Waals surface area contributed by atoms with Gasteiger partial charge in [-0.3, -0.25) is 4.79 Å². The summed E-state index contributed by atoms with van der Waals surface area (Å²) in [6.07, 6.45) is 3.57.